The van der Waals surface area contributed by atoms with Crippen LogP contribution in [-0.4, -0.2) is 28.0 Å². The molecule has 2 N–H and O–H groups in total. The highest BCUT2D eigenvalue weighted by atomic mass is 35.5. The lowest BCUT2D eigenvalue weighted by molar-refractivity contribution is 0.282. The summed E-state index contributed by atoms with van der Waals surface area (Å²) in [5.41, 5.74) is 2.90. The van der Waals surface area contributed by atoms with E-state index < -0.39 is 5.43 Å². The molecule has 8 nitrogen and oxygen atoms in total. The summed E-state index contributed by atoms with van der Waals surface area (Å²) in [6, 6.07) is 5.26. The average molecular weight is 396 g/mol. The molecule has 0 amide bonds. The Bertz CT molecular complexity index is 1390. The highest BCUT2D eigenvalue weighted by Crippen LogP contribution is 2.34. The van der Waals surface area contributed by atoms with Crippen LogP contribution in [0.25, 0.3) is 16.7 Å². The van der Waals surface area contributed by atoms with Crippen molar-refractivity contribution in [2.45, 2.75) is 13.5 Å². The van der Waals surface area contributed by atoms with Crippen molar-refractivity contribution in [3.8, 4) is 0 Å². The van der Waals surface area contributed by atoms with Crippen LogP contribution in [0.3, 0.4) is 0 Å². The van der Waals surface area contributed by atoms with Crippen molar-refractivity contribution in [1.82, 2.24) is 9.99 Å². The summed E-state index contributed by atoms with van der Waals surface area (Å²) in [6.07, 6.45) is 1.52. The van der Waals surface area contributed by atoms with Gasteiger partial charge in [-0.05, 0) is 25.1 Å². The van der Waals surface area contributed by atoms with E-state index in [0.29, 0.717) is 50.2 Å². The molecule has 3 aromatic rings. The standard InChI is InChI=1S/C19H14ClN5O3/c1-8-17-13(9(7-26)6-21-8)14-16(27)18(28-17)15-19(25(2)24-14)23-11-4-3-10(20)5-12(11)22-15/h3-6,22,26H,7H2,1-2H3. The fourth-order valence-corrected chi connectivity index (χ4v) is 3.59. The number of nitrogens with one attached hydrogen (secondary N) is 1. The van der Waals surface area contributed by atoms with Crippen molar-refractivity contribution in [2.24, 2.45) is 10.1 Å². The zero-order valence-electron chi connectivity index (χ0n) is 14.9. The quantitative estimate of drug-likeness (QED) is 0.645. The average Bonchev–Trinajstić information content (AvgIpc) is 2.74. The lowest BCUT2D eigenvalue weighted by Gasteiger charge is -2.23. The molecular formula is C19H14ClN5O3. The summed E-state index contributed by atoms with van der Waals surface area (Å²) in [7, 11) is 1.70. The second-order valence-electron chi connectivity index (χ2n) is 6.56. The van der Waals surface area contributed by atoms with Gasteiger partial charge in [0.25, 0.3) is 5.43 Å². The van der Waals surface area contributed by atoms with E-state index in [1.165, 1.54) is 11.2 Å². The van der Waals surface area contributed by atoms with E-state index in [9.17, 15) is 9.90 Å². The Labute approximate surface area is 163 Å². The maximum atomic E-state index is 13.2. The van der Waals surface area contributed by atoms with Crippen molar-refractivity contribution < 1.29 is 9.52 Å². The van der Waals surface area contributed by atoms with Gasteiger partial charge in [-0.1, -0.05) is 11.6 Å². The summed E-state index contributed by atoms with van der Waals surface area (Å²) < 4.78 is 6.00. The fourth-order valence-electron chi connectivity index (χ4n) is 3.41. The van der Waals surface area contributed by atoms with Crippen LogP contribution in [0, 0.1) is 6.92 Å². The minimum Gasteiger partial charge on any atom is -0.448 e. The molecule has 4 heterocycles. The maximum Gasteiger partial charge on any atom is 0.251 e. The van der Waals surface area contributed by atoms with Crippen molar-refractivity contribution in [2.75, 3.05) is 12.4 Å². The van der Waals surface area contributed by atoms with E-state index in [2.05, 4.69) is 20.4 Å². The molecule has 5 rings (SSSR count). The largest absolute Gasteiger partial charge is 0.448 e. The van der Waals surface area contributed by atoms with Gasteiger partial charge in [0.15, 0.2) is 11.4 Å². The van der Waals surface area contributed by atoms with E-state index in [4.69, 9.17) is 16.0 Å². The molecule has 0 radical (unpaired) electrons. The van der Waals surface area contributed by atoms with Crippen LogP contribution in [0.15, 0.2) is 43.7 Å². The predicted molar refractivity (Wildman–Crippen MR) is 105 cm³/mol. The van der Waals surface area contributed by atoms with Gasteiger partial charge in [-0.2, -0.15) is 5.10 Å². The molecule has 2 aliphatic heterocycles. The number of hydrogen-bond acceptors (Lipinski definition) is 8. The number of anilines is 1. The molecule has 0 spiro atoms. The van der Waals surface area contributed by atoms with Gasteiger partial charge in [-0.15, -0.1) is 0 Å². The highest BCUT2D eigenvalue weighted by Gasteiger charge is 2.27. The summed E-state index contributed by atoms with van der Waals surface area (Å²) in [4.78, 5) is 22.1. The number of amidine groups is 1. The van der Waals surface area contributed by atoms with E-state index in [0.717, 1.165) is 0 Å². The number of aliphatic hydroxyl groups excluding tert-OH is 1. The Morgan fingerprint density at radius 3 is 2.96 bits per heavy atom. The van der Waals surface area contributed by atoms with E-state index in [1.807, 2.05) is 0 Å². The maximum absolute atomic E-state index is 13.2. The van der Waals surface area contributed by atoms with Crippen LogP contribution in [0.2, 0.25) is 5.02 Å². The van der Waals surface area contributed by atoms with Crippen molar-refractivity contribution in [3.05, 3.63) is 61.7 Å². The number of fused-ring (bicyclic) bond motifs is 6. The number of aliphatic imine (C=N–C) groups is 1. The third-order valence-corrected chi connectivity index (χ3v) is 5.01. The van der Waals surface area contributed by atoms with E-state index >= 15 is 0 Å². The number of aliphatic hydroxyl groups is 1. The number of halogens is 1. The van der Waals surface area contributed by atoms with Gasteiger partial charge in [0.2, 0.25) is 5.42 Å². The molecule has 0 fully saturated rings. The monoisotopic (exact) mass is 395 g/mol. The summed E-state index contributed by atoms with van der Waals surface area (Å²) >= 11 is 6.10. The number of aromatic nitrogens is 1. The van der Waals surface area contributed by atoms with Gasteiger partial charge in [0.1, 0.15) is 11.1 Å². The third kappa shape index (κ3) is 2.28. The number of likely N-dealkylation sites (N-methyl/N-ethyl adjacent to an activating group) is 1. The normalized spacial score (nSPS) is 14.6. The van der Waals surface area contributed by atoms with E-state index in [1.54, 1.807) is 32.2 Å². The number of aryl methyl sites for hydroxylation is 1. The molecule has 0 unspecified atom stereocenters. The summed E-state index contributed by atoms with van der Waals surface area (Å²) in [5.74, 6) is 0.442. The van der Waals surface area contributed by atoms with Crippen LogP contribution in [0.4, 0.5) is 11.4 Å². The van der Waals surface area contributed by atoms with Crippen LogP contribution in [0.1, 0.15) is 11.3 Å². The molecule has 140 valence electrons. The van der Waals surface area contributed by atoms with Crippen LogP contribution in [0.5, 0.6) is 0 Å². The first-order valence-corrected chi connectivity index (χ1v) is 8.90. The molecule has 0 atom stereocenters. The molecular weight excluding hydrogens is 382 g/mol. The number of benzene rings is 1. The van der Waals surface area contributed by atoms with Crippen molar-refractivity contribution in [1.29, 1.82) is 0 Å². The topological polar surface area (TPSA) is 103 Å². The lowest BCUT2D eigenvalue weighted by atomic mass is 10.1. The third-order valence-electron chi connectivity index (χ3n) is 4.78. The fraction of sp³-hybridized carbons (Fsp3) is 0.158. The first kappa shape index (κ1) is 16.9. The second-order valence-corrected chi connectivity index (χ2v) is 7.00. The summed E-state index contributed by atoms with van der Waals surface area (Å²) in [6.45, 7) is 1.49. The zero-order chi connectivity index (χ0) is 19.6. The molecule has 1 aromatic carbocycles. The molecule has 2 aliphatic rings. The van der Waals surface area contributed by atoms with E-state index in [-0.39, 0.29) is 17.4 Å². The Morgan fingerprint density at radius 2 is 2.18 bits per heavy atom. The van der Waals surface area contributed by atoms with Crippen molar-refractivity contribution >= 4 is 45.5 Å². The van der Waals surface area contributed by atoms with Crippen LogP contribution < -0.4 is 21.5 Å². The first-order valence-electron chi connectivity index (χ1n) is 8.52. The predicted octanol–water partition coefficient (Wildman–Crippen LogP) is 1.39. The molecule has 2 bridgehead atoms. The Hall–Kier alpha value is -3.23. The van der Waals surface area contributed by atoms with Gasteiger partial charge in [0, 0.05) is 23.8 Å². The molecule has 9 heteroatoms. The summed E-state index contributed by atoms with van der Waals surface area (Å²) in [5, 5.41) is 20.1. The van der Waals surface area contributed by atoms with Gasteiger partial charge >= 0.3 is 0 Å². The first-order chi connectivity index (χ1) is 13.5. The lowest BCUT2D eigenvalue weighted by Crippen LogP contribution is -2.41. The smallest absolute Gasteiger partial charge is 0.251 e. The Morgan fingerprint density at radius 1 is 1.36 bits per heavy atom. The highest BCUT2D eigenvalue weighted by molar-refractivity contribution is 6.31. The Balaban J connectivity index is 1.97. The molecule has 0 aliphatic carbocycles. The van der Waals surface area contributed by atoms with Crippen LogP contribution in [-0.2, 0) is 6.61 Å². The Kier molecular flexibility index (Phi) is 3.55. The minimum absolute atomic E-state index is 0.0833. The minimum atomic E-state index is -0.391. The number of pyridine rings is 1. The van der Waals surface area contributed by atoms with Gasteiger partial charge in [-0.3, -0.25) is 9.78 Å². The molecule has 0 saturated carbocycles. The van der Waals surface area contributed by atoms with Gasteiger partial charge < -0.3 is 14.8 Å². The van der Waals surface area contributed by atoms with Gasteiger partial charge in [0.05, 0.1) is 29.1 Å². The molecule has 28 heavy (non-hydrogen) atoms. The zero-order valence-corrected chi connectivity index (χ0v) is 15.7. The molecule has 0 saturated heterocycles. The number of nitrogens with zero attached hydrogens (tertiary/aromatic N) is 4. The number of hydrogen-bond donors (Lipinski definition) is 2. The molecule has 2 aromatic heterocycles. The van der Waals surface area contributed by atoms with Crippen molar-refractivity contribution in [3.63, 3.8) is 0 Å². The second kappa shape index (κ2) is 5.88. The SMILES string of the molecule is Cc1ncc(CO)c2c3c(=O)c(oc12)=C1Nc2cc(Cl)ccc2N=C1N(C)N=3. The van der Waals surface area contributed by atoms with Crippen LogP contribution >= 0.6 is 11.6 Å². The van der Waals surface area contributed by atoms with Gasteiger partial charge in [-0.25, -0.2) is 10.0 Å². The number of rotatable bonds is 1.